The lowest BCUT2D eigenvalue weighted by atomic mass is 9.98. The van der Waals surface area contributed by atoms with Crippen LogP contribution in [0, 0.1) is 18.3 Å². The molecule has 0 fully saturated rings. The number of alkyl halides is 3. The third-order valence-corrected chi connectivity index (χ3v) is 4.30. The monoisotopic (exact) mass is 396 g/mol. The molecular formula is C21H15F3N4O. The summed E-state index contributed by atoms with van der Waals surface area (Å²) in [6.07, 6.45) is -3.01. The number of nitrogens with one attached hydrogen (secondary N) is 1. The van der Waals surface area contributed by atoms with Gasteiger partial charge in [-0.3, -0.25) is 4.79 Å². The average Bonchev–Trinajstić information content (AvgIpc) is 2.68. The van der Waals surface area contributed by atoms with Crippen LogP contribution in [0.5, 0.6) is 0 Å². The summed E-state index contributed by atoms with van der Waals surface area (Å²) < 4.78 is 38.6. The maximum absolute atomic E-state index is 12.9. The summed E-state index contributed by atoms with van der Waals surface area (Å²) in [6, 6.07) is 12.8. The van der Waals surface area contributed by atoms with Gasteiger partial charge in [0, 0.05) is 23.0 Å². The number of nitrogens with zero attached hydrogens (tertiary/aromatic N) is 2. The molecular weight excluding hydrogens is 381 g/mol. The van der Waals surface area contributed by atoms with Gasteiger partial charge in [-0.25, -0.2) is 4.98 Å². The molecule has 29 heavy (non-hydrogen) atoms. The van der Waals surface area contributed by atoms with Crippen LogP contribution >= 0.6 is 0 Å². The Morgan fingerprint density at radius 3 is 2.62 bits per heavy atom. The van der Waals surface area contributed by atoms with E-state index in [4.69, 9.17) is 11.0 Å². The smallest absolute Gasteiger partial charge is 0.383 e. The summed E-state index contributed by atoms with van der Waals surface area (Å²) in [4.78, 5) is 16.6. The Morgan fingerprint density at radius 1 is 1.17 bits per heavy atom. The van der Waals surface area contributed by atoms with E-state index in [1.165, 1.54) is 18.3 Å². The molecule has 0 atom stereocenters. The van der Waals surface area contributed by atoms with E-state index in [0.717, 1.165) is 17.7 Å². The second-order valence-electron chi connectivity index (χ2n) is 6.33. The van der Waals surface area contributed by atoms with Crippen LogP contribution in [0.1, 0.15) is 27.0 Å². The summed E-state index contributed by atoms with van der Waals surface area (Å²) in [6.45, 7) is 1.83. The van der Waals surface area contributed by atoms with Crippen LogP contribution in [0.25, 0.3) is 11.1 Å². The Balaban J connectivity index is 1.92. The maximum atomic E-state index is 12.9. The summed E-state index contributed by atoms with van der Waals surface area (Å²) in [5, 5.41) is 11.6. The Kier molecular flexibility index (Phi) is 5.24. The molecule has 0 aliphatic carbocycles. The number of hydrogen-bond donors (Lipinski definition) is 2. The van der Waals surface area contributed by atoms with E-state index in [9.17, 15) is 18.0 Å². The quantitative estimate of drug-likeness (QED) is 0.666. The first-order chi connectivity index (χ1) is 13.7. The fourth-order valence-corrected chi connectivity index (χ4v) is 2.76. The van der Waals surface area contributed by atoms with Crippen LogP contribution in [0.2, 0.25) is 0 Å². The highest BCUT2D eigenvalue weighted by Crippen LogP contribution is 2.31. The fraction of sp³-hybridized carbons (Fsp3) is 0.0952. The number of rotatable bonds is 3. The van der Waals surface area contributed by atoms with Gasteiger partial charge in [0.15, 0.2) is 0 Å². The van der Waals surface area contributed by atoms with Crippen LogP contribution < -0.4 is 11.1 Å². The van der Waals surface area contributed by atoms with Crippen molar-refractivity contribution in [3.05, 3.63) is 77.0 Å². The number of benzene rings is 2. The Hall–Kier alpha value is -3.86. The Morgan fingerprint density at radius 2 is 1.93 bits per heavy atom. The molecule has 1 amide bonds. The van der Waals surface area contributed by atoms with Crippen molar-refractivity contribution in [2.45, 2.75) is 13.1 Å². The number of pyridine rings is 1. The maximum Gasteiger partial charge on any atom is 0.416 e. The number of nitriles is 1. The number of carbonyl (C=O) groups is 1. The molecule has 0 bridgehead atoms. The van der Waals surface area contributed by atoms with Crippen molar-refractivity contribution in [1.29, 1.82) is 5.26 Å². The van der Waals surface area contributed by atoms with Gasteiger partial charge in [0.05, 0.1) is 11.1 Å². The van der Waals surface area contributed by atoms with Crippen LogP contribution in [0.4, 0.5) is 24.7 Å². The first-order valence-electron chi connectivity index (χ1n) is 8.44. The van der Waals surface area contributed by atoms with Crippen molar-refractivity contribution in [3.63, 3.8) is 0 Å². The highest BCUT2D eigenvalue weighted by atomic mass is 19.4. The third kappa shape index (κ3) is 4.35. The number of amides is 1. The normalized spacial score (nSPS) is 11.0. The molecule has 0 saturated heterocycles. The third-order valence-electron chi connectivity index (χ3n) is 4.30. The molecule has 146 valence electrons. The van der Waals surface area contributed by atoms with Gasteiger partial charge in [-0.1, -0.05) is 12.1 Å². The molecule has 2 aromatic carbocycles. The molecule has 0 radical (unpaired) electrons. The average molecular weight is 396 g/mol. The summed E-state index contributed by atoms with van der Waals surface area (Å²) in [5.41, 5.74) is 7.37. The van der Waals surface area contributed by atoms with E-state index in [0.29, 0.717) is 11.1 Å². The highest BCUT2D eigenvalue weighted by molar-refractivity contribution is 6.05. The molecule has 0 aliphatic rings. The van der Waals surface area contributed by atoms with Gasteiger partial charge in [0.2, 0.25) is 0 Å². The number of aromatic nitrogens is 1. The predicted molar refractivity (Wildman–Crippen MR) is 103 cm³/mol. The van der Waals surface area contributed by atoms with Crippen LogP contribution in [-0.4, -0.2) is 10.9 Å². The number of nitrogens with two attached hydrogens (primary N) is 1. The van der Waals surface area contributed by atoms with Crippen LogP contribution in [0.3, 0.4) is 0 Å². The van der Waals surface area contributed by atoms with E-state index in [-0.39, 0.29) is 22.6 Å². The molecule has 5 nitrogen and oxygen atoms in total. The number of anilines is 2. The zero-order chi connectivity index (χ0) is 21.2. The summed E-state index contributed by atoms with van der Waals surface area (Å²) in [7, 11) is 0. The first-order valence-corrected chi connectivity index (χ1v) is 8.44. The summed E-state index contributed by atoms with van der Waals surface area (Å²) in [5.74, 6) is -0.457. The topological polar surface area (TPSA) is 91.8 Å². The molecule has 0 saturated carbocycles. The van der Waals surface area contributed by atoms with Gasteiger partial charge >= 0.3 is 6.18 Å². The minimum atomic E-state index is -4.50. The van der Waals surface area contributed by atoms with Crippen LogP contribution in [-0.2, 0) is 6.18 Å². The SMILES string of the molecule is Cc1ccc(C(=O)Nc2cccc(C(F)(F)F)c2)cc1-c1cnc(N)c(C#N)c1. The number of nitrogen functional groups attached to an aromatic ring is 1. The van der Waals surface area contributed by atoms with E-state index in [1.54, 1.807) is 24.3 Å². The van der Waals surface area contributed by atoms with Crippen molar-refractivity contribution >= 4 is 17.4 Å². The second-order valence-corrected chi connectivity index (χ2v) is 6.33. The molecule has 1 heterocycles. The van der Waals surface area contributed by atoms with E-state index in [2.05, 4.69) is 10.3 Å². The van der Waals surface area contributed by atoms with Crippen molar-refractivity contribution < 1.29 is 18.0 Å². The standard InChI is InChI=1S/C21H15F3N4O/c1-12-5-6-13(8-18(12)15-7-14(10-25)19(26)27-11-15)20(29)28-17-4-2-3-16(9-17)21(22,23)24/h2-9,11H,1H3,(H2,26,27)(H,28,29). The fourth-order valence-electron chi connectivity index (χ4n) is 2.76. The van der Waals surface area contributed by atoms with Gasteiger partial charge in [-0.05, 0) is 54.4 Å². The summed E-state index contributed by atoms with van der Waals surface area (Å²) >= 11 is 0. The molecule has 1 aromatic heterocycles. The van der Waals surface area contributed by atoms with Gasteiger partial charge in [0.1, 0.15) is 11.9 Å². The largest absolute Gasteiger partial charge is 0.416 e. The van der Waals surface area contributed by atoms with Gasteiger partial charge in [-0.15, -0.1) is 0 Å². The Labute approximate surface area is 164 Å². The molecule has 3 rings (SSSR count). The van der Waals surface area contributed by atoms with Gasteiger partial charge < -0.3 is 11.1 Å². The molecule has 0 spiro atoms. The zero-order valence-electron chi connectivity index (χ0n) is 15.2. The van der Waals surface area contributed by atoms with Crippen molar-refractivity contribution in [1.82, 2.24) is 4.98 Å². The van der Waals surface area contributed by atoms with Crippen molar-refractivity contribution in [2.24, 2.45) is 0 Å². The highest BCUT2D eigenvalue weighted by Gasteiger charge is 2.30. The minimum absolute atomic E-state index is 0.0351. The lowest BCUT2D eigenvalue weighted by molar-refractivity contribution is -0.137. The van der Waals surface area contributed by atoms with Gasteiger partial charge in [-0.2, -0.15) is 18.4 Å². The van der Waals surface area contributed by atoms with E-state index >= 15 is 0 Å². The number of aryl methyl sites for hydroxylation is 1. The van der Waals surface area contributed by atoms with Gasteiger partial charge in [0.25, 0.3) is 5.91 Å². The lowest BCUT2D eigenvalue weighted by Gasteiger charge is -2.12. The van der Waals surface area contributed by atoms with E-state index in [1.807, 2.05) is 13.0 Å². The molecule has 8 heteroatoms. The molecule has 3 N–H and O–H groups in total. The predicted octanol–water partition coefficient (Wildman–Crippen LogP) is 4.78. The minimum Gasteiger partial charge on any atom is -0.383 e. The molecule has 3 aromatic rings. The molecule has 0 unspecified atom stereocenters. The second kappa shape index (κ2) is 7.64. The van der Waals surface area contributed by atoms with Crippen molar-refractivity contribution in [3.8, 4) is 17.2 Å². The molecule has 0 aliphatic heterocycles. The lowest BCUT2D eigenvalue weighted by Crippen LogP contribution is -2.13. The number of halogens is 3. The Bertz CT molecular complexity index is 1130. The van der Waals surface area contributed by atoms with Crippen molar-refractivity contribution in [2.75, 3.05) is 11.1 Å². The first kappa shape index (κ1) is 19.9. The zero-order valence-corrected chi connectivity index (χ0v) is 15.2. The number of carbonyl (C=O) groups excluding carboxylic acids is 1. The number of hydrogen-bond acceptors (Lipinski definition) is 4. The van der Waals surface area contributed by atoms with E-state index < -0.39 is 17.6 Å². The van der Waals surface area contributed by atoms with Crippen LogP contribution in [0.15, 0.2) is 54.7 Å².